The molecule has 2 fully saturated rings. The molecule has 4 rings (SSSR count). The predicted octanol–water partition coefficient (Wildman–Crippen LogP) is 3.87. The molecule has 2 heterocycles. The average molecular weight is 448 g/mol. The first-order valence-electron chi connectivity index (χ1n) is 10.0. The maximum Gasteiger partial charge on any atom is 0.377 e. The number of benzene rings is 1. The molecule has 0 unspecified atom stereocenters. The van der Waals surface area contributed by atoms with Crippen LogP contribution in [0.1, 0.15) is 32.3 Å². The maximum atomic E-state index is 15.8. The lowest BCUT2D eigenvalue weighted by atomic mass is 9.95. The highest BCUT2D eigenvalue weighted by Gasteiger charge is 2.40. The van der Waals surface area contributed by atoms with E-state index in [1.165, 1.54) is 6.20 Å². The zero-order valence-corrected chi connectivity index (χ0v) is 17.4. The van der Waals surface area contributed by atoms with Gasteiger partial charge in [-0.05, 0) is 26.7 Å². The van der Waals surface area contributed by atoms with Crippen molar-refractivity contribution in [1.29, 1.82) is 0 Å². The Labute approximate surface area is 176 Å². The summed E-state index contributed by atoms with van der Waals surface area (Å²) < 4.78 is 59.9. The molecule has 1 saturated carbocycles. The summed E-state index contributed by atoms with van der Waals surface area (Å²) in [5.74, 6) is -2.48. The van der Waals surface area contributed by atoms with Gasteiger partial charge in [-0.15, -0.1) is 0 Å². The predicted molar refractivity (Wildman–Crippen MR) is 107 cm³/mol. The number of nitrogens with zero attached hydrogens (tertiary/aromatic N) is 2. The zero-order chi connectivity index (χ0) is 22.9. The van der Waals surface area contributed by atoms with E-state index in [0.717, 1.165) is 12.8 Å². The largest absolute Gasteiger partial charge is 0.385 e. The molecule has 2 aliphatic heterocycles. The quantitative estimate of drug-likeness (QED) is 0.683. The highest BCUT2D eigenvalue weighted by molar-refractivity contribution is 5.93. The number of halogens is 5. The van der Waals surface area contributed by atoms with Gasteiger partial charge < -0.3 is 20.4 Å². The van der Waals surface area contributed by atoms with Crippen LogP contribution in [0.4, 0.5) is 39.5 Å². The standard InChI is InChI=1S/C20H25F3N4O2.F2/c1-10-7-26(8-11(2)25-10)19-15(21)17(24-3)14-6-12(20(28)29-23)9-27(13-4-5-13)18(14)16(19)22;1-2/h9-11,13,24-25H,4-8H2,1-3H3;/t10-,11+;. The number of rotatable bonds is 4. The van der Waals surface area contributed by atoms with Crippen LogP contribution in [-0.4, -0.2) is 44.2 Å². The van der Waals surface area contributed by atoms with Crippen LogP contribution in [0, 0.1) is 11.6 Å². The second kappa shape index (κ2) is 9.29. The SMILES string of the molecule is CNc1c(F)c(N2C[C@@H](C)N[C@@H](C)C2)c(F)c2c1CC(C(=O)OF)=CN2C1CC1.FF. The first kappa shape index (κ1) is 23.1. The van der Waals surface area contributed by atoms with E-state index in [9.17, 15) is 9.32 Å². The van der Waals surface area contributed by atoms with Gasteiger partial charge in [-0.3, -0.25) is 0 Å². The van der Waals surface area contributed by atoms with Gasteiger partial charge in [-0.25, -0.2) is 18.5 Å². The Morgan fingerprint density at radius 1 is 1.13 bits per heavy atom. The molecule has 0 bridgehead atoms. The van der Waals surface area contributed by atoms with Gasteiger partial charge in [0.15, 0.2) is 11.6 Å². The van der Waals surface area contributed by atoms with Crippen molar-refractivity contribution >= 4 is 23.0 Å². The molecule has 1 saturated heterocycles. The third-order valence-corrected chi connectivity index (χ3v) is 5.75. The number of hydrogen-bond donors (Lipinski definition) is 2. The van der Waals surface area contributed by atoms with Crippen LogP contribution in [0.25, 0.3) is 0 Å². The molecule has 0 aromatic heterocycles. The molecule has 172 valence electrons. The van der Waals surface area contributed by atoms with Crippen LogP contribution in [0.3, 0.4) is 0 Å². The second-order valence-electron chi connectivity index (χ2n) is 8.14. The van der Waals surface area contributed by atoms with Crippen molar-refractivity contribution in [3.05, 3.63) is 29.0 Å². The number of piperazine rings is 1. The molecule has 11 heteroatoms. The first-order chi connectivity index (χ1) is 14.8. The topological polar surface area (TPSA) is 56.8 Å². The Hall–Kier alpha value is -2.56. The summed E-state index contributed by atoms with van der Waals surface area (Å²) in [6.45, 7) is 4.89. The van der Waals surface area contributed by atoms with Crippen molar-refractivity contribution in [2.24, 2.45) is 0 Å². The number of nitrogens with one attached hydrogen (secondary N) is 2. The Morgan fingerprint density at radius 3 is 2.26 bits per heavy atom. The Balaban J connectivity index is 0.00000132. The molecule has 0 amide bonds. The smallest absolute Gasteiger partial charge is 0.377 e. The molecular weight excluding hydrogens is 423 g/mol. The monoisotopic (exact) mass is 448 g/mol. The molecule has 6 nitrogen and oxygen atoms in total. The molecular formula is C20H25F5N4O2. The molecule has 31 heavy (non-hydrogen) atoms. The molecule has 0 spiro atoms. The summed E-state index contributed by atoms with van der Waals surface area (Å²) in [6.07, 6.45) is 2.96. The Kier molecular flexibility index (Phi) is 6.93. The van der Waals surface area contributed by atoms with E-state index in [1.54, 1.807) is 16.8 Å². The van der Waals surface area contributed by atoms with E-state index >= 15 is 8.78 Å². The minimum Gasteiger partial charge on any atom is -0.385 e. The fourth-order valence-corrected chi connectivity index (χ4v) is 4.48. The summed E-state index contributed by atoms with van der Waals surface area (Å²) in [5, 5.41) is 6.19. The van der Waals surface area contributed by atoms with E-state index in [0.29, 0.717) is 18.7 Å². The van der Waals surface area contributed by atoms with Crippen LogP contribution in [-0.2, 0) is 16.2 Å². The Bertz CT molecular complexity index is 868. The lowest BCUT2D eigenvalue weighted by Crippen LogP contribution is -2.54. The Morgan fingerprint density at radius 2 is 1.74 bits per heavy atom. The summed E-state index contributed by atoms with van der Waals surface area (Å²) in [5.41, 5.74) is 0.640. The highest BCUT2D eigenvalue weighted by Crippen LogP contribution is 2.47. The molecule has 1 aliphatic carbocycles. The number of carbonyl (C=O) groups excluding carboxylic acids is 1. The first-order valence-corrected chi connectivity index (χ1v) is 10.0. The van der Waals surface area contributed by atoms with Crippen molar-refractivity contribution < 1.29 is 32.2 Å². The number of hydrogen-bond acceptors (Lipinski definition) is 6. The fraction of sp³-hybridized carbons (Fsp3) is 0.550. The van der Waals surface area contributed by atoms with E-state index in [1.807, 2.05) is 13.8 Å². The molecule has 2 N–H and O–H groups in total. The van der Waals surface area contributed by atoms with Gasteiger partial charge in [0, 0.05) is 70.1 Å². The van der Waals surface area contributed by atoms with Crippen molar-refractivity contribution in [3.8, 4) is 0 Å². The molecule has 2 atom stereocenters. The van der Waals surface area contributed by atoms with Gasteiger partial charge in [0.25, 0.3) is 0 Å². The van der Waals surface area contributed by atoms with Crippen molar-refractivity contribution in [2.45, 2.75) is 51.2 Å². The van der Waals surface area contributed by atoms with E-state index < -0.39 is 17.6 Å². The van der Waals surface area contributed by atoms with Crippen LogP contribution in [0.2, 0.25) is 0 Å². The van der Waals surface area contributed by atoms with Gasteiger partial charge in [-0.2, -0.15) is 0 Å². The highest BCUT2D eigenvalue weighted by atomic mass is 20.0. The minimum atomic E-state index is -1.14. The molecule has 3 aliphatic rings. The summed E-state index contributed by atoms with van der Waals surface area (Å²) in [7, 11) is 1.55. The lowest BCUT2D eigenvalue weighted by molar-refractivity contribution is -0.178. The van der Waals surface area contributed by atoms with Crippen LogP contribution in [0.15, 0.2) is 11.8 Å². The van der Waals surface area contributed by atoms with Crippen molar-refractivity contribution in [2.75, 3.05) is 35.3 Å². The average Bonchev–Trinajstić information content (AvgIpc) is 3.59. The van der Waals surface area contributed by atoms with Crippen molar-refractivity contribution in [3.63, 3.8) is 0 Å². The number of carbonyl (C=O) groups is 1. The maximum absolute atomic E-state index is 15.8. The van der Waals surface area contributed by atoms with E-state index in [-0.39, 0.29) is 47.2 Å². The van der Waals surface area contributed by atoms with Gasteiger partial charge in [-0.1, -0.05) is 0 Å². The normalized spacial score (nSPS) is 22.8. The lowest BCUT2D eigenvalue weighted by Gasteiger charge is -2.39. The van der Waals surface area contributed by atoms with E-state index in [2.05, 4.69) is 15.6 Å². The number of anilines is 3. The summed E-state index contributed by atoms with van der Waals surface area (Å²) in [6, 6.07) is 0.156. The molecule has 1 aromatic rings. The summed E-state index contributed by atoms with van der Waals surface area (Å²) >= 11 is 0. The third kappa shape index (κ3) is 4.28. The van der Waals surface area contributed by atoms with E-state index in [4.69, 9.17) is 9.15 Å². The van der Waals surface area contributed by atoms with Gasteiger partial charge >= 0.3 is 5.97 Å². The van der Waals surface area contributed by atoms with Gasteiger partial charge in [0.2, 0.25) is 0 Å². The summed E-state index contributed by atoms with van der Waals surface area (Å²) in [4.78, 5) is 18.6. The van der Waals surface area contributed by atoms with Crippen LogP contribution >= 0.6 is 0 Å². The zero-order valence-electron chi connectivity index (χ0n) is 17.4. The van der Waals surface area contributed by atoms with Gasteiger partial charge in [0.1, 0.15) is 5.69 Å². The van der Waals surface area contributed by atoms with Crippen LogP contribution in [0.5, 0.6) is 0 Å². The number of fused-ring (bicyclic) bond motifs is 1. The molecule has 1 aromatic carbocycles. The minimum absolute atomic E-state index is 0.00477. The van der Waals surface area contributed by atoms with Crippen molar-refractivity contribution in [1.82, 2.24) is 5.32 Å². The van der Waals surface area contributed by atoms with Crippen LogP contribution < -0.4 is 20.4 Å². The second-order valence-corrected chi connectivity index (χ2v) is 8.14. The van der Waals surface area contributed by atoms with Gasteiger partial charge in [0.05, 0.1) is 16.9 Å². The molecule has 0 radical (unpaired) electrons. The third-order valence-electron chi connectivity index (χ3n) is 5.75. The fourth-order valence-electron chi connectivity index (χ4n) is 4.48.